The molecule has 1 aromatic carbocycles. The van der Waals surface area contributed by atoms with Crippen molar-refractivity contribution in [3.8, 4) is 5.75 Å². The van der Waals surface area contributed by atoms with Gasteiger partial charge in [0.05, 0.1) is 5.39 Å². The van der Waals surface area contributed by atoms with Crippen molar-refractivity contribution in [2.45, 2.75) is 6.92 Å². The molecule has 1 aromatic heterocycles. The number of benzene rings is 1. The second-order valence-electron chi connectivity index (χ2n) is 2.98. The monoisotopic (exact) mass is 210 g/mol. The van der Waals surface area contributed by atoms with Crippen LogP contribution in [0.25, 0.3) is 11.0 Å². The van der Waals surface area contributed by atoms with Gasteiger partial charge in [-0.1, -0.05) is 11.6 Å². The normalized spacial score (nSPS) is 10.7. The number of rotatable bonds is 0. The van der Waals surface area contributed by atoms with Crippen LogP contribution in [0.15, 0.2) is 27.4 Å². The second kappa shape index (κ2) is 3.03. The van der Waals surface area contributed by atoms with E-state index in [9.17, 15) is 9.90 Å². The van der Waals surface area contributed by atoms with Gasteiger partial charge in [-0.25, -0.2) is 0 Å². The maximum atomic E-state index is 11.5. The number of hydrogen-bond donors (Lipinski definition) is 1. The van der Waals surface area contributed by atoms with Crippen molar-refractivity contribution in [3.05, 3.63) is 39.2 Å². The van der Waals surface area contributed by atoms with Gasteiger partial charge in [0, 0.05) is 5.02 Å². The van der Waals surface area contributed by atoms with Crippen LogP contribution in [0.4, 0.5) is 0 Å². The van der Waals surface area contributed by atoms with Crippen LogP contribution in [-0.4, -0.2) is 5.11 Å². The Kier molecular flexibility index (Phi) is 1.97. The van der Waals surface area contributed by atoms with E-state index in [2.05, 4.69) is 0 Å². The maximum Gasteiger partial charge on any atom is 0.234 e. The van der Waals surface area contributed by atoms with Crippen LogP contribution >= 0.6 is 11.6 Å². The summed E-state index contributed by atoms with van der Waals surface area (Å²) in [6, 6.07) is 4.71. The molecule has 4 heteroatoms. The van der Waals surface area contributed by atoms with E-state index in [1.54, 1.807) is 12.1 Å². The van der Waals surface area contributed by atoms with Crippen molar-refractivity contribution in [1.29, 1.82) is 0 Å². The highest BCUT2D eigenvalue weighted by Gasteiger charge is 2.09. The van der Waals surface area contributed by atoms with Crippen molar-refractivity contribution in [2.75, 3.05) is 0 Å². The standard InChI is InChI=1S/C10H7ClO3/c1-5-9(12)10(13)7-4-6(11)2-3-8(7)14-5/h2-4,12H,1H3. The third kappa shape index (κ3) is 1.26. The lowest BCUT2D eigenvalue weighted by molar-refractivity contribution is 0.427. The molecule has 3 nitrogen and oxygen atoms in total. The van der Waals surface area contributed by atoms with E-state index in [0.29, 0.717) is 16.0 Å². The Hall–Kier alpha value is -1.48. The van der Waals surface area contributed by atoms with E-state index in [-0.39, 0.29) is 11.5 Å². The quantitative estimate of drug-likeness (QED) is 0.727. The number of halogens is 1. The Morgan fingerprint density at radius 3 is 2.86 bits per heavy atom. The first kappa shape index (κ1) is 9.09. The lowest BCUT2D eigenvalue weighted by Crippen LogP contribution is -2.02. The highest BCUT2D eigenvalue weighted by Crippen LogP contribution is 2.21. The molecule has 14 heavy (non-hydrogen) atoms. The number of aryl methyl sites for hydroxylation is 1. The maximum absolute atomic E-state index is 11.5. The molecular weight excluding hydrogens is 204 g/mol. The van der Waals surface area contributed by atoms with Gasteiger partial charge in [0.1, 0.15) is 11.3 Å². The van der Waals surface area contributed by atoms with Crippen LogP contribution in [0.3, 0.4) is 0 Å². The Labute approximate surface area is 84.5 Å². The Bertz CT molecular complexity index is 557. The zero-order valence-electron chi connectivity index (χ0n) is 7.37. The van der Waals surface area contributed by atoms with Crippen LogP contribution in [-0.2, 0) is 0 Å². The van der Waals surface area contributed by atoms with Gasteiger partial charge >= 0.3 is 0 Å². The van der Waals surface area contributed by atoms with Crippen LogP contribution in [0.1, 0.15) is 5.76 Å². The molecule has 1 heterocycles. The van der Waals surface area contributed by atoms with Crippen molar-refractivity contribution < 1.29 is 9.52 Å². The van der Waals surface area contributed by atoms with Gasteiger partial charge in [0.25, 0.3) is 0 Å². The van der Waals surface area contributed by atoms with Gasteiger partial charge in [-0.15, -0.1) is 0 Å². The molecule has 0 fully saturated rings. The SMILES string of the molecule is Cc1oc2ccc(Cl)cc2c(=O)c1O. The predicted octanol–water partition coefficient (Wildman–Crippen LogP) is 2.46. The van der Waals surface area contributed by atoms with Gasteiger partial charge in [-0.3, -0.25) is 4.79 Å². The minimum Gasteiger partial charge on any atom is -0.502 e. The largest absolute Gasteiger partial charge is 0.502 e. The van der Waals surface area contributed by atoms with E-state index in [1.165, 1.54) is 13.0 Å². The average molecular weight is 211 g/mol. The van der Waals surface area contributed by atoms with Crippen molar-refractivity contribution in [2.24, 2.45) is 0 Å². The lowest BCUT2D eigenvalue weighted by atomic mass is 10.2. The summed E-state index contributed by atoms with van der Waals surface area (Å²) in [5.41, 5.74) is -0.0269. The summed E-state index contributed by atoms with van der Waals surface area (Å²) in [4.78, 5) is 11.5. The summed E-state index contributed by atoms with van der Waals surface area (Å²) in [6.45, 7) is 1.53. The molecule has 0 saturated heterocycles. The fraction of sp³-hybridized carbons (Fsp3) is 0.100. The molecule has 0 spiro atoms. The molecule has 0 aliphatic rings. The van der Waals surface area contributed by atoms with Crippen LogP contribution in [0.5, 0.6) is 5.75 Å². The first-order valence-electron chi connectivity index (χ1n) is 4.01. The molecule has 0 aliphatic heterocycles. The van der Waals surface area contributed by atoms with Crippen molar-refractivity contribution >= 4 is 22.6 Å². The number of hydrogen-bond acceptors (Lipinski definition) is 3. The topological polar surface area (TPSA) is 50.4 Å². The van der Waals surface area contributed by atoms with E-state index >= 15 is 0 Å². The minimum atomic E-state index is -0.453. The molecule has 0 atom stereocenters. The first-order chi connectivity index (χ1) is 6.59. The summed E-state index contributed by atoms with van der Waals surface area (Å²) in [6.07, 6.45) is 0. The third-order valence-electron chi connectivity index (χ3n) is 2.00. The molecule has 72 valence electrons. The Balaban J connectivity index is 2.99. The molecule has 0 aliphatic carbocycles. The molecule has 1 N–H and O–H groups in total. The fourth-order valence-corrected chi connectivity index (χ4v) is 1.44. The van der Waals surface area contributed by atoms with Gasteiger partial charge in [-0.2, -0.15) is 0 Å². The summed E-state index contributed by atoms with van der Waals surface area (Å²) < 4.78 is 5.22. The van der Waals surface area contributed by atoms with Gasteiger partial charge < -0.3 is 9.52 Å². The molecule has 2 aromatic rings. The van der Waals surface area contributed by atoms with E-state index in [1.807, 2.05) is 0 Å². The highest BCUT2D eigenvalue weighted by atomic mass is 35.5. The molecule has 2 rings (SSSR count). The van der Waals surface area contributed by atoms with Crippen molar-refractivity contribution in [1.82, 2.24) is 0 Å². The predicted molar refractivity (Wildman–Crippen MR) is 53.9 cm³/mol. The van der Waals surface area contributed by atoms with E-state index < -0.39 is 5.43 Å². The van der Waals surface area contributed by atoms with Crippen LogP contribution < -0.4 is 5.43 Å². The van der Waals surface area contributed by atoms with Gasteiger partial charge in [-0.05, 0) is 25.1 Å². The number of aromatic hydroxyl groups is 1. The van der Waals surface area contributed by atoms with Crippen LogP contribution in [0.2, 0.25) is 5.02 Å². The molecule has 0 amide bonds. The van der Waals surface area contributed by atoms with Crippen molar-refractivity contribution in [3.63, 3.8) is 0 Å². The Morgan fingerprint density at radius 1 is 1.43 bits per heavy atom. The smallest absolute Gasteiger partial charge is 0.234 e. The number of fused-ring (bicyclic) bond motifs is 1. The fourth-order valence-electron chi connectivity index (χ4n) is 1.27. The second-order valence-corrected chi connectivity index (χ2v) is 3.41. The summed E-state index contributed by atoms with van der Waals surface area (Å²) >= 11 is 5.72. The average Bonchev–Trinajstić information content (AvgIpc) is 2.16. The van der Waals surface area contributed by atoms with E-state index in [0.717, 1.165) is 0 Å². The molecule has 0 saturated carbocycles. The summed E-state index contributed by atoms with van der Waals surface area (Å²) in [5.74, 6) is -0.149. The summed E-state index contributed by atoms with van der Waals surface area (Å²) in [7, 11) is 0. The van der Waals surface area contributed by atoms with E-state index in [4.69, 9.17) is 16.0 Å². The third-order valence-corrected chi connectivity index (χ3v) is 2.23. The lowest BCUT2D eigenvalue weighted by Gasteiger charge is -2.01. The zero-order chi connectivity index (χ0) is 10.3. The zero-order valence-corrected chi connectivity index (χ0v) is 8.13. The Morgan fingerprint density at radius 2 is 2.14 bits per heavy atom. The van der Waals surface area contributed by atoms with Gasteiger partial charge in [0.2, 0.25) is 11.2 Å². The molecule has 0 radical (unpaired) electrons. The molecule has 0 unspecified atom stereocenters. The van der Waals surface area contributed by atoms with Crippen LogP contribution in [0, 0.1) is 6.92 Å². The highest BCUT2D eigenvalue weighted by molar-refractivity contribution is 6.31. The first-order valence-corrected chi connectivity index (χ1v) is 4.39. The molecule has 0 bridgehead atoms. The van der Waals surface area contributed by atoms with Gasteiger partial charge in [0.15, 0.2) is 0 Å². The molecular formula is C10H7ClO3. The summed E-state index contributed by atoms with van der Waals surface area (Å²) in [5, 5.41) is 10.1. The minimum absolute atomic E-state index is 0.213.